The average molecular weight is 501 g/mol. The minimum absolute atomic E-state index is 0.188. The van der Waals surface area contributed by atoms with E-state index in [9.17, 15) is 4.79 Å². The Balaban J connectivity index is 1.35. The Kier molecular flexibility index (Phi) is 6.75. The van der Waals surface area contributed by atoms with E-state index >= 15 is 0 Å². The van der Waals surface area contributed by atoms with Crippen LogP contribution in [0.25, 0.3) is 16.8 Å². The van der Waals surface area contributed by atoms with Crippen LogP contribution in [-0.2, 0) is 11.4 Å². The van der Waals surface area contributed by atoms with Crippen LogP contribution in [0.3, 0.4) is 0 Å². The number of carbonyl (C=O) groups excluding carboxylic acids is 1. The molecule has 1 aliphatic rings. The fourth-order valence-corrected chi connectivity index (χ4v) is 4.74. The Morgan fingerprint density at radius 2 is 1.77 bits per heavy atom. The molecule has 4 aromatic rings. The normalized spacial score (nSPS) is 15.5. The molecule has 7 heteroatoms. The van der Waals surface area contributed by atoms with Crippen LogP contribution in [0.5, 0.6) is 11.5 Å². The Bertz CT molecular complexity index is 1480. The van der Waals surface area contributed by atoms with Gasteiger partial charge in [0.15, 0.2) is 16.7 Å². The zero-order valence-electron chi connectivity index (χ0n) is 18.8. The molecule has 0 radical (unpaired) electrons. The van der Waals surface area contributed by atoms with Gasteiger partial charge in [-0.15, -0.1) is 0 Å². The third-order valence-corrected chi connectivity index (χ3v) is 6.74. The molecule has 0 bridgehead atoms. The van der Waals surface area contributed by atoms with E-state index in [0.717, 1.165) is 27.6 Å². The first-order valence-electron chi connectivity index (χ1n) is 10.9. The van der Waals surface area contributed by atoms with Gasteiger partial charge in [-0.2, -0.15) is 0 Å². The molecule has 0 atom stereocenters. The van der Waals surface area contributed by atoms with Gasteiger partial charge in [0.25, 0.3) is 5.91 Å². The number of fused-ring (bicyclic) bond motifs is 1. The van der Waals surface area contributed by atoms with E-state index in [1.807, 2.05) is 91.0 Å². The molecule has 1 amide bonds. The molecule has 1 heterocycles. The lowest BCUT2D eigenvalue weighted by atomic mass is 10.1. The number of ether oxygens (including phenoxy) is 2. The van der Waals surface area contributed by atoms with Crippen LogP contribution in [0.2, 0.25) is 5.02 Å². The number of halogens is 1. The van der Waals surface area contributed by atoms with Gasteiger partial charge in [-0.3, -0.25) is 4.79 Å². The lowest BCUT2D eigenvalue weighted by molar-refractivity contribution is -0.115. The monoisotopic (exact) mass is 500 g/mol. The molecule has 1 saturated heterocycles. The van der Waals surface area contributed by atoms with Gasteiger partial charge in [0, 0.05) is 16.0 Å². The molecule has 0 saturated carbocycles. The number of carbonyl (C=O) groups is 1. The zero-order chi connectivity index (χ0) is 24.2. The summed E-state index contributed by atoms with van der Waals surface area (Å²) in [6, 6.07) is 27.1. The minimum Gasteiger partial charge on any atom is -0.493 e. The Morgan fingerprint density at radius 1 is 0.971 bits per heavy atom. The molecule has 1 N–H and O–H groups in total. The number of methoxy groups -OCH3 is 1. The average Bonchev–Trinajstić information content (AvgIpc) is 3.22. The van der Waals surface area contributed by atoms with Crippen LogP contribution < -0.4 is 14.8 Å². The van der Waals surface area contributed by atoms with E-state index in [1.165, 1.54) is 11.8 Å². The van der Waals surface area contributed by atoms with E-state index in [4.69, 9.17) is 21.1 Å². The second-order valence-electron chi connectivity index (χ2n) is 7.77. The first-order chi connectivity index (χ1) is 17.1. The van der Waals surface area contributed by atoms with Crippen LogP contribution >= 0.6 is 23.4 Å². The lowest BCUT2D eigenvalue weighted by Gasteiger charge is -2.12. The van der Waals surface area contributed by atoms with E-state index < -0.39 is 0 Å². The summed E-state index contributed by atoms with van der Waals surface area (Å²) in [5.41, 5.74) is 2.52. The zero-order valence-corrected chi connectivity index (χ0v) is 20.4. The number of nitrogens with zero attached hydrogens (tertiary/aromatic N) is 1. The van der Waals surface area contributed by atoms with Crippen molar-refractivity contribution in [1.82, 2.24) is 5.32 Å². The second-order valence-corrected chi connectivity index (χ2v) is 9.21. The van der Waals surface area contributed by atoms with E-state index in [0.29, 0.717) is 33.2 Å². The van der Waals surface area contributed by atoms with Crippen molar-refractivity contribution in [2.75, 3.05) is 7.11 Å². The smallest absolute Gasteiger partial charge is 0.264 e. The highest BCUT2D eigenvalue weighted by atomic mass is 35.5. The van der Waals surface area contributed by atoms with E-state index in [2.05, 4.69) is 10.3 Å². The fraction of sp³-hybridized carbons (Fsp3) is 0.0714. The number of nitrogens with one attached hydrogen (secondary N) is 1. The van der Waals surface area contributed by atoms with Crippen molar-refractivity contribution in [2.45, 2.75) is 6.61 Å². The topological polar surface area (TPSA) is 59.9 Å². The van der Waals surface area contributed by atoms with E-state index in [1.54, 1.807) is 7.11 Å². The van der Waals surface area contributed by atoms with Crippen molar-refractivity contribution >= 4 is 57.0 Å². The largest absolute Gasteiger partial charge is 0.493 e. The number of thioether (sulfide) groups is 1. The molecule has 4 aromatic carbocycles. The van der Waals surface area contributed by atoms with Crippen molar-refractivity contribution in [3.63, 3.8) is 0 Å². The lowest BCUT2D eigenvalue weighted by Crippen LogP contribution is -2.19. The standard InChI is InChI=1S/C28H21ClN2O3S/c1-33-25-15-18(13-14-24(25)34-17-20-8-3-5-11-22(20)29)16-26-27(32)31-28(35-26)30-23-12-6-9-19-7-2-4-10-21(19)23/h2-16H,17H2,1H3,(H,30,31,32). The molecule has 35 heavy (non-hydrogen) atoms. The van der Waals surface area contributed by atoms with Gasteiger partial charge in [0.05, 0.1) is 17.7 Å². The number of benzene rings is 4. The second kappa shape index (κ2) is 10.3. The maximum absolute atomic E-state index is 12.6. The fourth-order valence-electron chi connectivity index (χ4n) is 3.71. The summed E-state index contributed by atoms with van der Waals surface area (Å²) in [5.74, 6) is 0.975. The van der Waals surface area contributed by atoms with Gasteiger partial charge < -0.3 is 14.8 Å². The van der Waals surface area contributed by atoms with Crippen molar-refractivity contribution < 1.29 is 14.3 Å². The number of amides is 1. The van der Waals surface area contributed by atoms with Crippen molar-refractivity contribution in [1.29, 1.82) is 0 Å². The first-order valence-corrected chi connectivity index (χ1v) is 12.1. The predicted octanol–water partition coefficient (Wildman–Crippen LogP) is 6.97. The molecular weight excluding hydrogens is 480 g/mol. The Labute approximate surface area is 212 Å². The highest BCUT2D eigenvalue weighted by molar-refractivity contribution is 8.18. The molecule has 0 aliphatic carbocycles. The van der Waals surface area contributed by atoms with Gasteiger partial charge in [-0.05, 0) is 53.1 Å². The van der Waals surface area contributed by atoms with Gasteiger partial charge in [0.1, 0.15) is 6.61 Å². The summed E-state index contributed by atoms with van der Waals surface area (Å²) >= 11 is 7.53. The third kappa shape index (κ3) is 5.19. The van der Waals surface area contributed by atoms with Crippen LogP contribution in [0.15, 0.2) is 94.8 Å². The predicted molar refractivity (Wildman–Crippen MR) is 144 cm³/mol. The van der Waals surface area contributed by atoms with Gasteiger partial charge in [-0.1, -0.05) is 72.3 Å². The quantitative estimate of drug-likeness (QED) is 0.290. The maximum atomic E-state index is 12.6. The molecule has 1 fully saturated rings. The van der Waals surface area contributed by atoms with Crippen LogP contribution in [0, 0.1) is 0 Å². The van der Waals surface area contributed by atoms with Gasteiger partial charge in [-0.25, -0.2) is 4.99 Å². The molecule has 0 aromatic heterocycles. The summed E-state index contributed by atoms with van der Waals surface area (Å²) in [4.78, 5) is 17.8. The van der Waals surface area contributed by atoms with Crippen LogP contribution in [0.4, 0.5) is 5.69 Å². The first kappa shape index (κ1) is 23.0. The number of rotatable bonds is 6. The number of hydrogen-bond donors (Lipinski definition) is 1. The van der Waals surface area contributed by atoms with Crippen LogP contribution in [-0.4, -0.2) is 18.2 Å². The number of aliphatic imine (C=N–C) groups is 1. The maximum Gasteiger partial charge on any atom is 0.264 e. The third-order valence-electron chi connectivity index (χ3n) is 5.47. The molecule has 174 valence electrons. The molecular formula is C28H21ClN2O3S. The van der Waals surface area contributed by atoms with Gasteiger partial charge in [0.2, 0.25) is 0 Å². The SMILES string of the molecule is COc1cc(C=C2SC(=Nc3cccc4ccccc34)NC2=O)ccc1OCc1ccccc1Cl. The minimum atomic E-state index is -0.188. The summed E-state index contributed by atoms with van der Waals surface area (Å²) in [6.45, 7) is 0.322. The number of hydrogen-bond acceptors (Lipinski definition) is 5. The summed E-state index contributed by atoms with van der Waals surface area (Å²) in [5, 5.41) is 6.19. The Morgan fingerprint density at radius 3 is 2.63 bits per heavy atom. The van der Waals surface area contributed by atoms with Gasteiger partial charge >= 0.3 is 0 Å². The van der Waals surface area contributed by atoms with E-state index in [-0.39, 0.29) is 5.91 Å². The molecule has 0 unspecified atom stereocenters. The number of amidine groups is 1. The highest BCUT2D eigenvalue weighted by Crippen LogP contribution is 2.34. The summed E-state index contributed by atoms with van der Waals surface area (Å²) < 4.78 is 11.4. The van der Waals surface area contributed by atoms with Crippen molar-refractivity contribution in [3.8, 4) is 11.5 Å². The highest BCUT2D eigenvalue weighted by Gasteiger charge is 2.24. The molecule has 0 spiro atoms. The van der Waals surface area contributed by atoms with Crippen LogP contribution in [0.1, 0.15) is 11.1 Å². The van der Waals surface area contributed by atoms with Crippen molar-refractivity contribution in [3.05, 3.63) is 106 Å². The molecule has 5 nitrogen and oxygen atoms in total. The summed E-state index contributed by atoms with van der Waals surface area (Å²) in [6.07, 6.45) is 1.81. The molecule has 5 rings (SSSR count). The Hall–Kier alpha value is -3.74. The van der Waals surface area contributed by atoms with Crippen molar-refractivity contribution in [2.24, 2.45) is 4.99 Å². The summed E-state index contributed by atoms with van der Waals surface area (Å²) in [7, 11) is 1.58. The molecule has 1 aliphatic heterocycles.